The standard InChI is InChI=1S/C15H14N4OS/c20-14(9-8-13-7-4-10-21-13)17-15-18-16-11-19(15)12-5-2-1-3-6-12/h1-7,10-11H,8-9H2,(H,17,18,20). The van der Waals surface area contributed by atoms with Crippen molar-refractivity contribution in [2.24, 2.45) is 0 Å². The second-order valence-corrected chi connectivity index (χ2v) is 5.52. The van der Waals surface area contributed by atoms with Gasteiger partial charge in [0.15, 0.2) is 0 Å². The molecule has 0 saturated carbocycles. The highest BCUT2D eigenvalue weighted by atomic mass is 32.1. The minimum Gasteiger partial charge on any atom is -0.294 e. The van der Waals surface area contributed by atoms with E-state index in [1.807, 2.05) is 47.8 Å². The maximum atomic E-state index is 12.0. The molecule has 6 heteroatoms. The fraction of sp³-hybridized carbons (Fsp3) is 0.133. The van der Waals surface area contributed by atoms with E-state index in [0.29, 0.717) is 12.4 Å². The summed E-state index contributed by atoms with van der Waals surface area (Å²) in [5, 5.41) is 12.6. The number of hydrogen-bond donors (Lipinski definition) is 1. The van der Waals surface area contributed by atoms with Crippen LogP contribution >= 0.6 is 11.3 Å². The molecule has 1 aromatic carbocycles. The normalized spacial score (nSPS) is 10.5. The van der Waals surface area contributed by atoms with Crippen molar-refractivity contribution in [3.63, 3.8) is 0 Å². The summed E-state index contributed by atoms with van der Waals surface area (Å²) in [5.74, 6) is 0.381. The Balaban J connectivity index is 1.65. The lowest BCUT2D eigenvalue weighted by Gasteiger charge is -2.07. The average molecular weight is 298 g/mol. The molecule has 0 unspecified atom stereocenters. The first kappa shape index (κ1) is 13.5. The Morgan fingerprint density at radius 3 is 2.81 bits per heavy atom. The van der Waals surface area contributed by atoms with Gasteiger partial charge in [-0.15, -0.1) is 21.5 Å². The summed E-state index contributed by atoms with van der Waals surface area (Å²) in [5.41, 5.74) is 0.913. The highest BCUT2D eigenvalue weighted by Crippen LogP contribution is 2.14. The maximum Gasteiger partial charge on any atom is 0.235 e. The van der Waals surface area contributed by atoms with Crippen molar-refractivity contribution in [3.05, 3.63) is 59.0 Å². The quantitative estimate of drug-likeness (QED) is 0.788. The van der Waals surface area contributed by atoms with Gasteiger partial charge in [-0.05, 0) is 30.0 Å². The number of benzene rings is 1. The van der Waals surface area contributed by atoms with Gasteiger partial charge in [0.25, 0.3) is 0 Å². The number of nitrogens with zero attached hydrogens (tertiary/aromatic N) is 3. The van der Waals surface area contributed by atoms with Crippen molar-refractivity contribution in [1.29, 1.82) is 0 Å². The number of aromatic nitrogens is 3. The van der Waals surface area contributed by atoms with Crippen molar-refractivity contribution in [2.45, 2.75) is 12.8 Å². The molecule has 21 heavy (non-hydrogen) atoms. The minimum absolute atomic E-state index is 0.0615. The summed E-state index contributed by atoms with van der Waals surface area (Å²) in [7, 11) is 0. The van der Waals surface area contributed by atoms with Crippen LogP contribution < -0.4 is 5.32 Å². The summed E-state index contributed by atoms with van der Waals surface area (Å²) in [6, 6.07) is 13.7. The number of carbonyl (C=O) groups is 1. The van der Waals surface area contributed by atoms with Gasteiger partial charge in [-0.1, -0.05) is 24.3 Å². The number of amides is 1. The number of nitrogens with one attached hydrogen (secondary N) is 1. The third kappa shape index (κ3) is 3.35. The van der Waals surface area contributed by atoms with E-state index in [4.69, 9.17) is 0 Å². The van der Waals surface area contributed by atoms with E-state index in [1.54, 1.807) is 22.2 Å². The second-order valence-electron chi connectivity index (χ2n) is 4.49. The molecule has 0 fully saturated rings. The molecule has 0 atom stereocenters. The summed E-state index contributed by atoms with van der Waals surface area (Å²) >= 11 is 1.66. The van der Waals surface area contributed by atoms with Gasteiger partial charge >= 0.3 is 0 Å². The van der Waals surface area contributed by atoms with Crippen LogP contribution in [0.2, 0.25) is 0 Å². The number of para-hydroxylation sites is 1. The van der Waals surface area contributed by atoms with Crippen LogP contribution in [0.15, 0.2) is 54.2 Å². The van der Waals surface area contributed by atoms with Crippen molar-refractivity contribution in [2.75, 3.05) is 5.32 Å². The predicted molar refractivity (Wildman–Crippen MR) is 82.6 cm³/mol. The third-order valence-electron chi connectivity index (χ3n) is 3.01. The summed E-state index contributed by atoms with van der Waals surface area (Å²) in [6.07, 6.45) is 2.76. The molecule has 3 aromatic rings. The lowest BCUT2D eigenvalue weighted by atomic mass is 10.2. The molecular weight excluding hydrogens is 284 g/mol. The monoisotopic (exact) mass is 298 g/mol. The van der Waals surface area contributed by atoms with Crippen LogP contribution in [0.25, 0.3) is 5.69 Å². The first-order valence-electron chi connectivity index (χ1n) is 6.60. The molecule has 0 bridgehead atoms. The summed E-state index contributed by atoms with van der Waals surface area (Å²) in [6.45, 7) is 0. The zero-order valence-corrected chi connectivity index (χ0v) is 12.1. The highest BCUT2D eigenvalue weighted by Gasteiger charge is 2.10. The van der Waals surface area contributed by atoms with Gasteiger partial charge in [0.1, 0.15) is 6.33 Å². The molecule has 0 saturated heterocycles. The minimum atomic E-state index is -0.0615. The number of hydrogen-bond acceptors (Lipinski definition) is 4. The van der Waals surface area contributed by atoms with Crippen LogP contribution in [-0.4, -0.2) is 20.7 Å². The molecular formula is C15H14N4OS. The molecule has 0 aliphatic rings. The Morgan fingerprint density at radius 2 is 2.05 bits per heavy atom. The van der Waals surface area contributed by atoms with Crippen molar-refractivity contribution < 1.29 is 4.79 Å². The molecule has 2 heterocycles. The van der Waals surface area contributed by atoms with E-state index in [1.165, 1.54) is 4.88 Å². The fourth-order valence-corrected chi connectivity index (χ4v) is 2.69. The summed E-state index contributed by atoms with van der Waals surface area (Å²) in [4.78, 5) is 13.2. The van der Waals surface area contributed by atoms with Crippen LogP contribution in [-0.2, 0) is 11.2 Å². The molecule has 0 aliphatic heterocycles. The van der Waals surface area contributed by atoms with Gasteiger partial charge < -0.3 is 0 Å². The lowest BCUT2D eigenvalue weighted by molar-refractivity contribution is -0.116. The van der Waals surface area contributed by atoms with Gasteiger partial charge in [-0.25, -0.2) is 0 Å². The zero-order chi connectivity index (χ0) is 14.5. The van der Waals surface area contributed by atoms with E-state index in [0.717, 1.165) is 12.1 Å². The predicted octanol–water partition coefficient (Wildman–Crippen LogP) is 2.90. The second kappa shape index (κ2) is 6.32. The van der Waals surface area contributed by atoms with Crippen LogP contribution in [0.1, 0.15) is 11.3 Å². The molecule has 106 valence electrons. The zero-order valence-electron chi connectivity index (χ0n) is 11.3. The Kier molecular flexibility index (Phi) is 4.07. The molecule has 2 aromatic heterocycles. The van der Waals surface area contributed by atoms with Crippen molar-refractivity contribution >= 4 is 23.2 Å². The number of carbonyl (C=O) groups excluding carboxylic acids is 1. The van der Waals surface area contributed by atoms with Gasteiger partial charge in [0.05, 0.1) is 5.69 Å². The van der Waals surface area contributed by atoms with Gasteiger partial charge in [-0.3, -0.25) is 14.7 Å². The number of anilines is 1. The Labute approximate surface area is 126 Å². The molecule has 1 N–H and O–H groups in total. The smallest absolute Gasteiger partial charge is 0.235 e. The highest BCUT2D eigenvalue weighted by molar-refractivity contribution is 7.09. The largest absolute Gasteiger partial charge is 0.294 e. The van der Waals surface area contributed by atoms with Crippen LogP contribution in [0, 0.1) is 0 Å². The van der Waals surface area contributed by atoms with Crippen LogP contribution in [0.4, 0.5) is 5.95 Å². The molecule has 0 radical (unpaired) electrons. The molecule has 5 nitrogen and oxygen atoms in total. The third-order valence-corrected chi connectivity index (χ3v) is 3.95. The molecule has 0 aliphatic carbocycles. The van der Waals surface area contributed by atoms with Gasteiger partial charge in [0.2, 0.25) is 11.9 Å². The first-order valence-corrected chi connectivity index (χ1v) is 7.48. The fourth-order valence-electron chi connectivity index (χ4n) is 1.98. The number of rotatable bonds is 5. The van der Waals surface area contributed by atoms with E-state index >= 15 is 0 Å². The van der Waals surface area contributed by atoms with Gasteiger partial charge in [0, 0.05) is 11.3 Å². The Hall–Kier alpha value is -2.47. The van der Waals surface area contributed by atoms with Crippen LogP contribution in [0.3, 0.4) is 0 Å². The first-order chi connectivity index (χ1) is 10.3. The Bertz CT molecular complexity index is 706. The van der Waals surface area contributed by atoms with E-state index in [9.17, 15) is 4.79 Å². The van der Waals surface area contributed by atoms with E-state index in [-0.39, 0.29) is 5.91 Å². The topological polar surface area (TPSA) is 59.8 Å². The van der Waals surface area contributed by atoms with Crippen LogP contribution in [0.5, 0.6) is 0 Å². The van der Waals surface area contributed by atoms with Crippen molar-refractivity contribution in [3.8, 4) is 5.69 Å². The maximum absolute atomic E-state index is 12.0. The summed E-state index contributed by atoms with van der Waals surface area (Å²) < 4.78 is 1.75. The van der Waals surface area contributed by atoms with Crippen molar-refractivity contribution in [1.82, 2.24) is 14.8 Å². The molecule has 3 rings (SSSR count). The number of thiophene rings is 1. The van der Waals surface area contributed by atoms with E-state index in [2.05, 4.69) is 15.5 Å². The molecule has 0 spiro atoms. The van der Waals surface area contributed by atoms with Gasteiger partial charge in [-0.2, -0.15) is 0 Å². The SMILES string of the molecule is O=C(CCc1cccs1)Nc1nncn1-c1ccccc1. The number of aryl methyl sites for hydroxylation is 1. The average Bonchev–Trinajstić information content (AvgIpc) is 3.17. The lowest BCUT2D eigenvalue weighted by Crippen LogP contribution is -2.15. The van der Waals surface area contributed by atoms with E-state index < -0.39 is 0 Å². The Morgan fingerprint density at radius 1 is 1.19 bits per heavy atom. The molecule has 1 amide bonds.